The van der Waals surface area contributed by atoms with Gasteiger partial charge in [0.25, 0.3) is 0 Å². The average molecular weight is 113 g/mol. The molecule has 0 aliphatic carbocycles. The van der Waals surface area contributed by atoms with Gasteiger partial charge in [-0.25, -0.2) is 0 Å². The van der Waals surface area contributed by atoms with E-state index in [-0.39, 0.29) is 6.04 Å². The molecule has 0 heterocycles. The lowest BCUT2D eigenvalue weighted by Crippen LogP contribution is -2.30. The van der Waals surface area contributed by atoms with Crippen LogP contribution in [0, 0.1) is 0 Å². The first-order valence-electron chi connectivity index (χ1n) is 2.41. The van der Waals surface area contributed by atoms with Gasteiger partial charge in [0.15, 0.2) is 0 Å². The molecule has 46 valence electrons. The zero-order valence-electron chi connectivity index (χ0n) is 4.75. The minimum absolute atomic E-state index is 0.382. The van der Waals surface area contributed by atoms with Crippen LogP contribution in [0.25, 0.3) is 0 Å². The molecule has 0 aromatic carbocycles. The second-order valence-corrected chi connectivity index (χ2v) is 1.54. The SMILES string of the molecule is C=C[C@@H](N)[C@H](O)C=C. The molecule has 0 aromatic rings. The lowest BCUT2D eigenvalue weighted by atomic mass is 10.2. The molecule has 0 rings (SSSR count). The summed E-state index contributed by atoms with van der Waals surface area (Å²) in [6.07, 6.45) is 2.20. The molecule has 0 unspecified atom stereocenters. The van der Waals surface area contributed by atoms with Crippen molar-refractivity contribution >= 4 is 0 Å². The third-order valence-electron chi connectivity index (χ3n) is 0.908. The van der Waals surface area contributed by atoms with E-state index in [0.29, 0.717) is 0 Å². The van der Waals surface area contributed by atoms with Gasteiger partial charge in [0, 0.05) is 0 Å². The summed E-state index contributed by atoms with van der Waals surface area (Å²) in [7, 11) is 0. The molecule has 0 aliphatic rings. The Morgan fingerprint density at radius 2 is 1.88 bits per heavy atom. The van der Waals surface area contributed by atoms with E-state index in [1.807, 2.05) is 0 Å². The summed E-state index contributed by atoms with van der Waals surface area (Å²) in [5.41, 5.74) is 5.29. The summed E-state index contributed by atoms with van der Waals surface area (Å²) in [6, 6.07) is -0.382. The van der Waals surface area contributed by atoms with E-state index >= 15 is 0 Å². The van der Waals surface area contributed by atoms with Crippen LogP contribution >= 0.6 is 0 Å². The van der Waals surface area contributed by atoms with E-state index in [9.17, 15) is 0 Å². The summed E-state index contributed by atoms with van der Waals surface area (Å²) in [5.74, 6) is 0. The number of nitrogens with two attached hydrogens (primary N) is 1. The van der Waals surface area contributed by atoms with Gasteiger partial charge in [0.1, 0.15) is 0 Å². The lowest BCUT2D eigenvalue weighted by Gasteiger charge is -2.08. The fraction of sp³-hybridized carbons (Fsp3) is 0.333. The first-order chi connectivity index (χ1) is 3.72. The zero-order valence-corrected chi connectivity index (χ0v) is 4.75. The standard InChI is InChI=1S/C6H11NO/c1-3-5(7)6(8)4-2/h3-6,8H,1-2,7H2/t5-,6-/m1/s1. The molecule has 3 N–H and O–H groups in total. The second-order valence-electron chi connectivity index (χ2n) is 1.54. The van der Waals surface area contributed by atoms with Gasteiger partial charge in [-0.15, -0.1) is 13.2 Å². The van der Waals surface area contributed by atoms with Gasteiger partial charge in [0.05, 0.1) is 12.1 Å². The topological polar surface area (TPSA) is 46.2 Å². The Labute approximate surface area is 49.3 Å². The first-order valence-corrected chi connectivity index (χ1v) is 2.41. The quantitative estimate of drug-likeness (QED) is 0.508. The Kier molecular flexibility index (Phi) is 3.15. The fourth-order valence-electron chi connectivity index (χ4n) is 0.297. The number of hydrogen-bond donors (Lipinski definition) is 2. The van der Waals surface area contributed by atoms with Gasteiger partial charge < -0.3 is 10.8 Å². The van der Waals surface area contributed by atoms with Crippen molar-refractivity contribution < 1.29 is 5.11 Å². The molecule has 2 atom stereocenters. The normalized spacial score (nSPS) is 16.8. The average Bonchev–Trinajstić information content (AvgIpc) is 1.84. The van der Waals surface area contributed by atoms with Gasteiger partial charge >= 0.3 is 0 Å². The zero-order chi connectivity index (χ0) is 6.57. The largest absolute Gasteiger partial charge is 0.387 e. The third kappa shape index (κ3) is 1.91. The van der Waals surface area contributed by atoms with E-state index in [2.05, 4.69) is 13.2 Å². The minimum atomic E-state index is -0.660. The van der Waals surface area contributed by atoms with Crippen LogP contribution in [-0.2, 0) is 0 Å². The maximum Gasteiger partial charge on any atom is 0.0904 e. The molecule has 2 nitrogen and oxygen atoms in total. The van der Waals surface area contributed by atoms with Crippen LogP contribution in [0.2, 0.25) is 0 Å². The number of rotatable bonds is 3. The highest BCUT2D eigenvalue weighted by atomic mass is 16.3. The summed E-state index contributed by atoms with van der Waals surface area (Å²) in [5, 5.41) is 8.81. The molecule has 0 saturated heterocycles. The lowest BCUT2D eigenvalue weighted by molar-refractivity contribution is 0.209. The van der Waals surface area contributed by atoms with Crippen molar-refractivity contribution in [3.8, 4) is 0 Å². The monoisotopic (exact) mass is 113 g/mol. The van der Waals surface area contributed by atoms with Gasteiger partial charge in [-0.05, 0) is 0 Å². The van der Waals surface area contributed by atoms with Crippen LogP contribution in [0.1, 0.15) is 0 Å². The molecule has 0 radical (unpaired) electrons. The van der Waals surface area contributed by atoms with Gasteiger partial charge in [-0.3, -0.25) is 0 Å². The van der Waals surface area contributed by atoms with Crippen molar-refractivity contribution in [3.05, 3.63) is 25.3 Å². The maximum absolute atomic E-state index is 8.81. The Morgan fingerprint density at radius 3 is 2.00 bits per heavy atom. The molecule has 0 saturated carbocycles. The van der Waals surface area contributed by atoms with E-state index in [0.717, 1.165) is 0 Å². The number of aliphatic hydroxyl groups is 1. The Balaban J connectivity index is 3.60. The van der Waals surface area contributed by atoms with Gasteiger partial charge in [-0.1, -0.05) is 12.2 Å². The number of hydrogen-bond acceptors (Lipinski definition) is 2. The van der Waals surface area contributed by atoms with Crippen molar-refractivity contribution in [3.63, 3.8) is 0 Å². The molecule has 0 aliphatic heterocycles. The van der Waals surface area contributed by atoms with Crippen molar-refractivity contribution in [1.29, 1.82) is 0 Å². The second kappa shape index (κ2) is 3.41. The molecule has 0 aromatic heterocycles. The highest BCUT2D eigenvalue weighted by molar-refractivity contribution is 4.96. The summed E-state index contributed by atoms with van der Waals surface area (Å²) in [6.45, 7) is 6.75. The molecule has 0 fully saturated rings. The molecule has 2 heteroatoms. The van der Waals surface area contributed by atoms with Crippen molar-refractivity contribution in [2.75, 3.05) is 0 Å². The molecule has 0 spiro atoms. The molecule has 8 heavy (non-hydrogen) atoms. The minimum Gasteiger partial charge on any atom is -0.387 e. The van der Waals surface area contributed by atoms with Crippen LogP contribution in [0.4, 0.5) is 0 Å². The maximum atomic E-state index is 8.81. The summed E-state index contributed by atoms with van der Waals surface area (Å²) in [4.78, 5) is 0. The Morgan fingerprint density at radius 1 is 1.38 bits per heavy atom. The van der Waals surface area contributed by atoms with Crippen LogP contribution in [0.5, 0.6) is 0 Å². The van der Waals surface area contributed by atoms with Crippen molar-refractivity contribution in [1.82, 2.24) is 0 Å². The summed E-state index contributed by atoms with van der Waals surface area (Å²) >= 11 is 0. The predicted molar refractivity (Wildman–Crippen MR) is 34.4 cm³/mol. The van der Waals surface area contributed by atoms with Crippen molar-refractivity contribution in [2.45, 2.75) is 12.1 Å². The van der Waals surface area contributed by atoms with Crippen LogP contribution < -0.4 is 5.73 Å². The molecule has 0 bridgehead atoms. The van der Waals surface area contributed by atoms with Gasteiger partial charge in [0.2, 0.25) is 0 Å². The van der Waals surface area contributed by atoms with E-state index in [1.165, 1.54) is 12.2 Å². The Bertz CT molecular complexity index is 78.5. The van der Waals surface area contributed by atoms with Crippen molar-refractivity contribution in [2.24, 2.45) is 5.73 Å². The van der Waals surface area contributed by atoms with Gasteiger partial charge in [-0.2, -0.15) is 0 Å². The van der Waals surface area contributed by atoms with Crippen LogP contribution in [0.3, 0.4) is 0 Å². The van der Waals surface area contributed by atoms with Crippen LogP contribution in [-0.4, -0.2) is 17.3 Å². The highest BCUT2D eigenvalue weighted by Gasteiger charge is 2.03. The van der Waals surface area contributed by atoms with E-state index in [4.69, 9.17) is 10.8 Å². The van der Waals surface area contributed by atoms with Crippen LogP contribution in [0.15, 0.2) is 25.3 Å². The van der Waals surface area contributed by atoms with E-state index in [1.54, 1.807) is 0 Å². The first kappa shape index (κ1) is 7.40. The molecule has 0 amide bonds. The van der Waals surface area contributed by atoms with E-state index < -0.39 is 6.10 Å². The predicted octanol–water partition coefficient (Wildman–Crippen LogP) is 0.0466. The highest BCUT2D eigenvalue weighted by Crippen LogP contribution is 1.89. The smallest absolute Gasteiger partial charge is 0.0904 e. The number of aliphatic hydroxyl groups excluding tert-OH is 1. The summed E-state index contributed by atoms with van der Waals surface area (Å²) < 4.78 is 0. The molecular weight excluding hydrogens is 102 g/mol. The third-order valence-corrected chi connectivity index (χ3v) is 0.908. The molecular formula is C6H11NO. The fourth-order valence-corrected chi connectivity index (χ4v) is 0.297. The Hall–Kier alpha value is -0.600.